The fraction of sp³-hybridized carbons (Fsp3) is 0.300. The summed E-state index contributed by atoms with van der Waals surface area (Å²) in [5.74, 6) is 0.251. The van der Waals surface area contributed by atoms with Crippen LogP contribution in [0, 0.1) is 0 Å². The van der Waals surface area contributed by atoms with Crippen LogP contribution in [0.1, 0.15) is 12.5 Å². The summed E-state index contributed by atoms with van der Waals surface area (Å²) in [4.78, 5) is 16.9. The number of methoxy groups -OCH3 is 1. The van der Waals surface area contributed by atoms with Crippen molar-refractivity contribution in [2.75, 3.05) is 19.5 Å². The average molecular weight is 404 g/mol. The summed E-state index contributed by atoms with van der Waals surface area (Å²) < 4.78 is 7.18. The minimum Gasteiger partial charge on any atom is -0.383 e. The predicted molar refractivity (Wildman–Crippen MR) is 110 cm³/mol. The molecule has 142 valence electrons. The number of thioether (sulfide) groups is 1. The van der Waals surface area contributed by atoms with Crippen LogP contribution in [-0.2, 0) is 16.1 Å². The number of nitrogens with one attached hydrogen (secondary N) is 1. The van der Waals surface area contributed by atoms with Crippen LogP contribution >= 0.6 is 23.4 Å². The molecule has 0 radical (unpaired) electrons. The molecule has 0 bridgehead atoms. The lowest BCUT2D eigenvalue weighted by molar-refractivity contribution is -0.119. The molecule has 7 heteroatoms. The number of amides is 1. The smallest absolute Gasteiger partial charge is 0.230 e. The van der Waals surface area contributed by atoms with Crippen molar-refractivity contribution in [1.29, 1.82) is 0 Å². The minimum atomic E-state index is -0.0408. The molecule has 1 amide bonds. The predicted octanol–water partition coefficient (Wildman–Crippen LogP) is 3.98. The van der Waals surface area contributed by atoms with Crippen molar-refractivity contribution in [2.24, 2.45) is 0 Å². The van der Waals surface area contributed by atoms with Gasteiger partial charge in [-0.15, -0.1) is 0 Å². The van der Waals surface area contributed by atoms with Gasteiger partial charge in [-0.3, -0.25) is 4.79 Å². The van der Waals surface area contributed by atoms with Gasteiger partial charge in [0, 0.05) is 18.2 Å². The first kappa shape index (κ1) is 19.7. The topological polar surface area (TPSA) is 56.1 Å². The Hall–Kier alpha value is -2.02. The molecule has 0 aliphatic heterocycles. The lowest BCUT2D eigenvalue weighted by Gasteiger charge is -2.13. The molecule has 0 aliphatic rings. The Morgan fingerprint density at radius 2 is 2.07 bits per heavy atom. The Labute approximate surface area is 168 Å². The van der Waals surface area contributed by atoms with E-state index in [1.54, 1.807) is 7.11 Å². The van der Waals surface area contributed by atoms with E-state index in [-0.39, 0.29) is 11.9 Å². The van der Waals surface area contributed by atoms with Crippen molar-refractivity contribution in [3.05, 3.63) is 59.1 Å². The Bertz CT molecular complexity index is 914. The van der Waals surface area contributed by atoms with Gasteiger partial charge in [-0.25, -0.2) is 4.98 Å². The molecule has 0 aliphatic carbocycles. The van der Waals surface area contributed by atoms with Gasteiger partial charge in [0.1, 0.15) is 0 Å². The van der Waals surface area contributed by atoms with E-state index in [2.05, 4.69) is 22.0 Å². The highest BCUT2D eigenvalue weighted by Gasteiger charge is 2.15. The largest absolute Gasteiger partial charge is 0.383 e. The van der Waals surface area contributed by atoms with Gasteiger partial charge in [0.25, 0.3) is 0 Å². The summed E-state index contributed by atoms with van der Waals surface area (Å²) in [6.07, 6.45) is 0. The van der Waals surface area contributed by atoms with E-state index in [9.17, 15) is 4.79 Å². The second-order valence-corrected chi connectivity index (χ2v) is 7.69. The Morgan fingerprint density at radius 1 is 1.30 bits per heavy atom. The number of rotatable bonds is 8. The minimum absolute atomic E-state index is 0.0231. The molecule has 3 rings (SSSR count). The van der Waals surface area contributed by atoms with E-state index in [0.29, 0.717) is 23.9 Å². The lowest BCUT2D eigenvalue weighted by Crippen LogP contribution is -2.36. The molecule has 1 atom stereocenters. The second-order valence-electron chi connectivity index (χ2n) is 6.31. The Kier molecular flexibility index (Phi) is 6.77. The number of nitrogens with zero attached hydrogens (tertiary/aromatic N) is 2. The zero-order chi connectivity index (χ0) is 19.2. The molecule has 0 spiro atoms. The summed E-state index contributed by atoms with van der Waals surface area (Å²) >= 11 is 7.54. The van der Waals surface area contributed by atoms with Gasteiger partial charge in [-0.05, 0) is 30.7 Å². The van der Waals surface area contributed by atoms with E-state index in [4.69, 9.17) is 21.3 Å². The molecule has 3 aromatic rings. The van der Waals surface area contributed by atoms with Crippen LogP contribution in [0.2, 0.25) is 5.02 Å². The SMILES string of the molecule is COCC(C)NC(=O)CSc1nc2cc(Cl)ccc2n1Cc1ccccc1. The van der Waals surface area contributed by atoms with Crippen molar-refractivity contribution in [3.63, 3.8) is 0 Å². The van der Waals surface area contributed by atoms with E-state index in [1.165, 1.54) is 17.3 Å². The van der Waals surface area contributed by atoms with Crippen molar-refractivity contribution < 1.29 is 9.53 Å². The van der Waals surface area contributed by atoms with Crippen LogP contribution < -0.4 is 5.32 Å². The monoisotopic (exact) mass is 403 g/mol. The number of hydrogen-bond donors (Lipinski definition) is 1. The van der Waals surface area contributed by atoms with Gasteiger partial charge >= 0.3 is 0 Å². The molecule has 5 nitrogen and oxygen atoms in total. The fourth-order valence-corrected chi connectivity index (χ4v) is 3.84. The molecule has 1 aromatic heterocycles. The van der Waals surface area contributed by atoms with Gasteiger partial charge in [-0.2, -0.15) is 0 Å². The van der Waals surface area contributed by atoms with Crippen LogP contribution in [0.15, 0.2) is 53.7 Å². The number of aromatic nitrogens is 2. The van der Waals surface area contributed by atoms with Gasteiger partial charge in [-0.1, -0.05) is 53.7 Å². The number of carbonyl (C=O) groups excluding carboxylic acids is 1. The van der Waals surface area contributed by atoms with E-state index in [0.717, 1.165) is 16.2 Å². The zero-order valence-corrected chi connectivity index (χ0v) is 16.9. The number of imidazole rings is 1. The number of ether oxygens (including phenoxy) is 1. The molecule has 1 unspecified atom stereocenters. The fourth-order valence-electron chi connectivity index (χ4n) is 2.85. The summed E-state index contributed by atoms with van der Waals surface area (Å²) in [6, 6.07) is 15.8. The zero-order valence-electron chi connectivity index (χ0n) is 15.3. The average Bonchev–Trinajstić information content (AvgIpc) is 2.97. The first-order chi connectivity index (χ1) is 13.1. The van der Waals surface area contributed by atoms with Crippen LogP contribution in [0.3, 0.4) is 0 Å². The number of hydrogen-bond acceptors (Lipinski definition) is 4. The first-order valence-electron chi connectivity index (χ1n) is 8.67. The van der Waals surface area contributed by atoms with Crippen LogP contribution in [0.4, 0.5) is 0 Å². The highest BCUT2D eigenvalue weighted by Crippen LogP contribution is 2.27. The highest BCUT2D eigenvalue weighted by molar-refractivity contribution is 7.99. The van der Waals surface area contributed by atoms with Gasteiger partial charge in [0.15, 0.2) is 5.16 Å². The van der Waals surface area contributed by atoms with E-state index < -0.39 is 0 Å². The Morgan fingerprint density at radius 3 is 2.81 bits per heavy atom. The molecule has 0 saturated carbocycles. The maximum Gasteiger partial charge on any atom is 0.230 e. The van der Waals surface area contributed by atoms with Crippen molar-refractivity contribution in [3.8, 4) is 0 Å². The van der Waals surface area contributed by atoms with Crippen molar-refractivity contribution in [1.82, 2.24) is 14.9 Å². The van der Waals surface area contributed by atoms with Crippen molar-refractivity contribution in [2.45, 2.75) is 24.7 Å². The van der Waals surface area contributed by atoms with Gasteiger partial charge in [0.05, 0.1) is 29.9 Å². The quantitative estimate of drug-likeness (QED) is 0.578. The summed E-state index contributed by atoms with van der Waals surface area (Å²) in [5, 5.41) is 4.36. The molecule has 1 heterocycles. The molecule has 0 saturated heterocycles. The number of fused-ring (bicyclic) bond motifs is 1. The van der Waals surface area contributed by atoms with E-state index in [1.807, 2.05) is 43.3 Å². The highest BCUT2D eigenvalue weighted by atomic mass is 35.5. The van der Waals surface area contributed by atoms with Crippen LogP contribution in [-0.4, -0.2) is 41.0 Å². The summed E-state index contributed by atoms with van der Waals surface area (Å²) in [7, 11) is 1.62. The molecule has 0 fully saturated rings. The van der Waals surface area contributed by atoms with Gasteiger partial charge in [0.2, 0.25) is 5.91 Å². The third-order valence-corrected chi connectivity index (χ3v) is 5.23. The number of halogens is 1. The Balaban J connectivity index is 1.81. The van der Waals surface area contributed by atoms with E-state index >= 15 is 0 Å². The maximum absolute atomic E-state index is 12.2. The molecule has 1 N–H and O–H groups in total. The number of carbonyl (C=O) groups is 1. The molecule has 2 aromatic carbocycles. The molecular weight excluding hydrogens is 382 g/mol. The first-order valence-corrected chi connectivity index (χ1v) is 10.0. The third-order valence-electron chi connectivity index (χ3n) is 4.02. The lowest BCUT2D eigenvalue weighted by atomic mass is 10.2. The number of benzene rings is 2. The molecular formula is C20H22ClN3O2S. The third kappa shape index (κ3) is 5.25. The van der Waals surface area contributed by atoms with Crippen LogP contribution in [0.5, 0.6) is 0 Å². The van der Waals surface area contributed by atoms with Gasteiger partial charge < -0.3 is 14.6 Å². The van der Waals surface area contributed by atoms with Crippen molar-refractivity contribution >= 4 is 40.3 Å². The summed E-state index contributed by atoms with van der Waals surface area (Å²) in [6.45, 7) is 3.09. The standard InChI is InChI=1S/C20H22ClN3O2S/c1-14(12-26-2)22-19(25)13-27-20-23-17-10-16(21)8-9-18(17)24(20)11-15-6-4-3-5-7-15/h3-10,14H,11-13H2,1-2H3,(H,22,25). The second kappa shape index (κ2) is 9.26. The normalized spacial score (nSPS) is 12.3. The molecule has 27 heavy (non-hydrogen) atoms. The van der Waals surface area contributed by atoms with Crippen LogP contribution in [0.25, 0.3) is 11.0 Å². The maximum atomic E-state index is 12.2. The summed E-state index contributed by atoms with van der Waals surface area (Å²) in [5.41, 5.74) is 3.00.